The average Bonchev–Trinajstić information content (AvgIpc) is 3.41. The van der Waals surface area contributed by atoms with Crippen molar-refractivity contribution in [1.29, 1.82) is 0 Å². The van der Waals surface area contributed by atoms with Crippen molar-refractivity contribution >= 4 is 17.0 Å². The quantitative estimate of drug-likeness (QED) is 0.438. The van der Waals surface area contributed by atoms with Crippen molar-refractivity contribution in [2.75, 3.05) is 0 Å². The molecule has 0 unspecified atom stereocenters. The Kier molecular flexibility index (Phi) is 5.21. The molecule has 5 rings (SSSR count). The van der Waals surface area contributed by atoms with E-state index in [1.165, 1.54) is 6.20 Å². The van der Waals surface area contributed by atoms with E-state index >= 15 is 0 Å². The van der Waals surface area contributed by atoms with E-state index < -0.39 is 0 Å². The van der Waals surface area contributed by atoms with E-state index in [0.717, 1.165) is 27.8 Å². The van der Waals surface area contributed by atoms with Gasteiger partial charge in [0.15, 0.2) is 0 Å². The highest BCUT2D eigenvalue weighted by atomic mass is 16.5. The standard InChI is InChI=1S/C25H21N5O2/c1-17-22-12-20(13-27-25(22)32-29-17)24(31)26-14-21-16-30(15-18-8-4-2-5-9-18)28-23(21)19-10-6-3-7-11-19/h2-13,16H,14-15H2,1H3,(H,26,31). The number of rotatable bonds is 6. The van der Waals surface area contributed by atoms with Crippen LogP contribution in [-0.2, 0) is 13.1 Å². The number of aryl methyl sites for hydroxylation is 1. The zero-order chi connectivity index (χ0) is 21.9. The van der Waals surface area contributed by atoms with Gasteiger partial charge in [-0.2, -0.15) is 5.10 Å². The molecule has 1 N–H and O–H groups in total. The smallest absolute Gasteiger partial charge is 0.257 e. The normalized spacial score (nSPS) is 11.0. The summed E-state index contributed by atoms with van der Waals surface area (Å²) >= 11 is 0. The van der Waals surface area contributed by atoms with Crippen molar-refractivity contribution in [3.8, 4) is 11.3 Å². The van der Waals surface area contributed by atoms with Gasteiger partial charge >= 0.3 is 0 Å². The van der Waals surface area contributed by atoms with E-state index in [1.54, 1.807) is 6.07 Å². The molecule has 2 aromatic carbocycles. The van der Waals surface area contributed by atoms with Gasteiger partial charge in [-0.25, -0.2) is 4.98 Å². The van der Waals surface area contributed by atoms with Gasteiger partial charge in [0.05, 0.1) is 28.9 Å². The molecular weight excluding hydrogens is 402 g/mol. The minimum atomic E-state index is -0.213. The number of aromatic nitrogens is 4. The molecule has 1 amide bonds. The maximum Gasteiger partial charge on any atom is 0.257 e. The number of benzene rings is 2. The SMILES string of the molecule is Cc1noc2ncc(C(=O)NCc3cn(Cc4ccccc4)nc3-c3ccccc3)cc12. The van der Waals surface area contributed by atoms with Gasteiger partial charge in [0.25, 0.3) is 11.6 Å². The molecule has 0 radical (unpaired) electrons. The highest BCUT2D eigenvalue weighted by Crippen LogP contribution is 2.23. The predicted octanol–water partition coefficient (Wildman–Crippen LogP) is 4.37. The van der Waals surface area contributed by atoms with Crippen molar-refractivity contribution in [2.24, 2.45) is 0 Å². The van der Waals surface area contributed by atoms with Crippen molar-refractivity contribution in [3.05, 3.63) is 102 Å². The van der Waals surface area contributed by atoms with Gasteiger partial charge in [-0.15, -0.1) is 0 Å². The Labute approximate surface area is 184 Å². The van der Waals surface area contributed by atoms with Crippen LogP contribution in [0.15, 0.2) is 83.6 Å². The third-order valence-electron chi connectivity index (χ3n) is 5.28. The maximum atomic E-state index is 12.8. The van der Waals surface area contributed by atoms with Crippen molar-refractivity contribution < 1.29 is 9.32 Å². The predicted molar refractivity (Wildman–Crippen MR) is 121 cm³/mol. The zero-order valence-electron chi connectivity index (χ0n) is 17.5. The molecule has 0 saturated carbocycles. The van der Waals surface area contributed by atoms with E-state index in [0.29, 0.717) is 30.1 Å². The Balaban J connectivity index is 1.39. The lowest BCUT2D eigenvalue weighted by atomic mass is 10.1. The maximum absolute atomic E-state index is 12.8. The molecule has 3 heterocycles. The first-order valence-corrected chi connectivity index (χ1v) is 10.3. The highest BCUT2D eigenvalue weighted by molar-refractivity contribution is 5.97. The lowest BCUT2D eigenvalue weighted by Crippen LogP contribution is -2.23. The Morgan fingerprint density at radius 1 is 1.06 bits per heavy atom. The fraction of sp³-hybridized carbons (Fsp3) is 0.120. The summed E-state index contributed by atoms with van der Waals surface area (Å²) in [5.41, 5.74) is 5.55. The second-order valence-corrected chi connectivity index (χ2v) is 7.58. The summed E-state index contributed by atoms with van der Waals surface area (Å²) in [6.45, 7) is 2.82. The van der Waals surface area contributed by atoms with Crippen LogP contribution in [0.2, 0.25) is 0 Å². The van der Waals surface area contributed by atoms with Gasteiger partial charge in [0, 0.05) is 30.1 Å². The van der Waals surface area contributed by atoms with Crippen LogP contribution in [0.3, 0.4) is 0 Å². The third kappa shape index (κ3) is 4.00. The minimum Gasteiger partial charge on any atom is -0.348 e. The summed E-state index contributed by atoms with van der Waals surface area (Å²) in [5.74, 6) is -0.213. The van der Waals surface area contributed by atoms with Crippen LogP contribution in [0, 0.1) is 6.92 Å². The molecule has 0 fully saturated rings. The van der Waals surface area contributed by atoms with Gasteiger partial charge in [-0.3, -0.25) is 9.48 Å². The van der Waals surface area contributed by atoms with Gasteiger partial charge < -0.3 is 9.84 Å². The average molecular weight is 423 g/mol. The van der Waals surface area contributed by atoms with Gasteiger partial charge in [-0.05, 0) is 18.6 Å². The summed E-state index contributed by atoms with van der Waals surface area (Å²) in [7, 11) is 0. The van der Waals surface area contributed by atoms with Gasteiger partial charge in [-0.1, -0.05) is 65.8 Å². The Hall–Kier alpha value is -4.26. The van der Waals surface area contributed by atoms with E-state index in [4.69, 9.17) is 9.62 Å². The topological polar surface area (TPSA) is 85.8 Å². The van der Waals surface area contributed by atoms with E-state index in [2.05, 4.69) is 27.6 Å². The number of hydrogen-bond acceptors (Lipinski definition) is 5. The molecule has 0 bridgehead atoms. The fourth-order valence-electron chi connectivity index (χ4n) is 3.63. The van der Waals surface area contributed by atoms with Crippen molar-refractivity contribution in [1.82, 2.24) is 25.2 Å². The molecule has 3 aromatic heterocycles. The number of carbonyl (C=O) groups is 1. The molecule has 0 aliphatic heterocycles. The van der Waals surface area contributed by atoms with Crippen LogP contribution in [0.5, 0.6) is 0 Å². The molecule has 158 valence electrons. The first-order valence-electron chi connectivity index (χ1n) is 10.3. The number of nitrogens with one attached hydrogen (secondary N) is 1. The monoisotopic (exact) mass is 423 g/mol. The molecule has 5 aromatic rings. The number of fused-ring (bicyclic) bond motifs is 1. The fourth-order valence-corrected chi connectivity index (χ4v) is 3.63. The number of carbonyl (C=O) groups excluding carboxylic acids is 1. The summed E-state index contributed by atoms with van der Waals surface area (Å²) < 4.78 is 7.04. The van der Waals surface area contributed by atoms with Crippen LogP contribution in [-0.4, -0.2) is 25.8 Å². The highest BCUT2D eigenvalue weighted by Gasteiger charge is 2.15. The first-order chi connectivity index (χ1) is 15.7. The van der Waals surface area contributed by atoms with Crippen molar-refractivity contribution in [3.63, 3.8) is 0 Å². The third-order valence-corrected chi connectivity index (χ3v) is 5.28. The summed E-state index contributed by atoms with van der Waals surface area (Å²) in [5, 5.41) is 12.4. The molecule has 0 spiro atoms. The molecule has 0 saturated heterocycles. The number of nitrogens with zero attached hydrogens (tertiary/aromatic N) is 4. The molecular formula is C25H21N5O2. The number of pyridine rings is 1. The second-order valence-electron chi connectivity index (χ2n) is 7.58. The second kappa shape index (κ2) is 8.47. The Morgan fingerprint density at radius 3 is 2.59 bits per heavy atom. The lowest BCUT2D eigenvalue weighted by molar-refractivity contribution is 0.0951. The molecule has 7 nitrogen and oxygen atoms in total. The van der Waals surface area contributed by atoms with Gasteiger partial charge in [0.2, 0.25) is 0 Å². The lowest BCUT2D eigenvalue weighted by Gasteiger charge is -2.06. The van der Waals surface area contributed by atoms with E-state index in [1.807, 2.05) is 66.3 Å². The molecule has 0 aliphatic rings. The molecule has 32 heavy (non-hydrogen) atoms. The van der Waals surface area contributed by atoms with Crippen LogP contribution in [0.25, 0.3) is 22.4 Å². The molecule has 0 aliphatic carbocycles. The zero-order valence-corrected chi connectivity index (χ0v) is 17.5. The summed E-state index contributed by atoms with van der Waals surface area (Å²) in [4.78, 5) is 17.0. The first kappa shape index (κ1) is 19.7. The van der Waals surface area contributed by atoms with Gasteiger partial charge in [0.1, 0.15) is 0 Å². The van der Waals surface area contributed by atoms with Crippen LogP contribution < -0.4 is 5.32 Å². The molecule has 7 heteroatoms. The summed E-state index contributed by atoms with van der Waals surface area (Å²) in [6, 6.07) is 21.9. The molecule has 0 atom stereocenters. The minimum absolute atomic E-state index is 0.213. The van der Waals surface area contributed by atoms with Crippen LogP contribution in [0.4, 0.5) is 0 Å². The van der Waals surface area contributed by atoms with Crippen molar-refractivity contribution in [2.45, 2.75) is 20.0 Å². The summed E-state index contributed by atoms with van der Waals surface area (Å²) in [6.07, 6.45) is 3.49. The van der Waals surface area contributed by atoms with Crippen LogP contribution in [0.1, 0.15) is 27.2 Å². The largest absolute Gasteiger partial charge is 0.348 e. The van der Waals surface area contributed by atoms with Crippen LogP contribution >= 0.6 is 0 Å². The van der Waals surface area contributed by atoms with E-state index in [-0.39, 0.29) is 5.91 Å². The number of hydrogen-bond donors (Lipinski definition) is 1. The Morgan fingerprint density at radius 2 is 1.81 bits per heavy atom. The van der Waals surface area contributed by atoms with E-state index in [9.17, 15) is 4.79 Å². The number of amides is 1. The Bertz CT molecular complexity index is 1370.